The summed E-state index contributed by atoms with van der Waals surface area (Å²) in [5.41, 5.74) is 0.878. The van der Waals surface area contributed by atoms with Crippen LogP contribution in [0.1, 0.15) is 45.9 Å². The molecular weight excluding hydrogens is 308 g/mol. The van der Waals surface area contributed by atoms with Gasteiger partial charge in [0.25, 0.3) is 0 Å². The van der Waals surface area contributed by atoms with Gasteiger partial charge in [0, 0.05) is 12.5 Å². The van der Waals surface area contributed by atoms with Crippen molar-refractivity contribution in [1.29, 1.82) is 0 Å². The largest absolute Gasteiger partial charge is 0.386 e. The zero-order valence-corrected chi connectivity index (χ0v) is 13.6. The lowest BCUT2D eigenvalue weighted by Gasteiger charge is -2.25. The number of nitrogens with zero attached hydrogens (tertiary/aromatic N) is 2. The maximum absolute atomic E-state index is 10.8. The Morgan fingerprint density at radius 1 is 1.42 bits per heavy atom. The van der Waals surface area contributed by atoms with Crippen molar-refractivity contribution in [1.82, 2.24) is 9.78 Å². The SMILES string of the molecule is CCCn1ncc(Br)c1C(O)C1C(C)OC(C)C1C. The van der Waals surface area contributed by atoms with E-state index in [2.05, 4.69) is 41.8 Å². The molecule has 5 atom stereocenters. The van der Waals surface area contributed by atoms with Crippen LogP contribution in [0.3, 0.4) is 0 Å². The average Bonchev–Trinajstić information content (AvgIpc) is 2.81. The molecule has 0 saturated carbocycles. The predicted octanol–water partition coefficient (Wildman–Crippen LogP) is 3.15. The van der Waals surface area contributed by atoms with Gasteiger partial charge in [-0.05, 0) is 42.1 Å². The molecule has 19 heavy (non-hydrogen) atoms. The van der Waals surface area contributed by atoms with Gasteiger partial charge >= 0.3 is 0 Å². The molecule has 1 fully saturated rings. The Kier molecular flexibility index (Phi) is 4.69. The maximum Gasteiger partial charge on any atom is 0.102 e. The summed E-state index contributed by atoms with van der Waals surface area (Å²) < 4.78 is 8.62. The second-order valence-corrected chi connectivity index (χ2v) is 6.38. The van der Waals surface area contributed by atoms with Crippen molar-refractivity contribution in [2.45, 2.75) is 59.0 Å². The highest BCUT2D eigenvalue weighted by molar-refractivity contribution is 9.10. The van der Waals surface area contributed by atoms with Crippen molar-refractivity contribution < 1.29 is 9.84 Å². The summed E-state index contributed by atoms with van der Waals surface area (Å²) in [5.74, 6) is 0.445. The van der Waals surface area contributed by atoms with Crippen molar-refractivity contribution in [3.8, 4) is 0 Å². The van der Waals surface area contributed by atoms with Crippen LogP contribution in [0.4, 0.5) is 0 Å². The maximum atomic E-state index is 10.8. The van der Waals surface area contributed by atoms with Crippen molar-refractivity contribution >= 4 is 15.9 Å². The van der Waals surface area contributed by atoms with Gasteiger partial charge in [-0.1, -0.05) is 13.8 Å². The highest BCUT2D eigenvalue weighted by Gasteiger charge is 2.43. The molecule has 0 aliphatic carbocycles. The van der Waals surface area contributed by atoms with E-state index in [9.17, 15) is 5.11 Å². The van der Waals surface area contributed by atoms with E-state index in [0.717, 1.165) is 23.1 Å². The van der Waals surface area contributed by atoms with Crippen LogP contribution in [0.2, 0.25) is 0 Å². The number of hydrogen-bond donors (Lipinski definition) is 1. The van der Waals surface area contributed by atoms with Gasteiger partial charge in [-0.15, -0.1) is 0 Å². The molecule has 0 radical (unpaired) electrons. The standard InChI is InChI=1S/C14H23BrN2O2/c1-5-6-17-13(11(15)7-16-17)14(18)12-8(2)9(3)19-10(12)4/h7-10,12,14,18H,5-6H2,1-4H3. The summed E-state index contributed by atoms with van der Waals surface area (Å²) in [6.07, 6.45) is 2.48. The van der Waals surface area contributed by atoms with Crippen molar-refractivity contribution in [2.75, 3.05) is 0 Å². The van der Waals surface area contributed by atoms with Gasteiger partial charge in [-0.3, -0.25) is 4.68 Å². The monoisotopic (exact) mass is 330 g/mol. The summed E-state index contributed by atoms with van der Waals surface area (Å²) in [6.45, 7) is 9.20. The highest BCUT2D eigenvalue weighted by Crippen LogP contribution is 2.42. The molecule has 5 heteroatoms. The van der Waals surface area contributed by atoms with Crippen LogP contribution in [0.15, 0.2) is 10.7 Å². The van der Waals surface area contributed by atoms with Crippen molar-refractivity contribution in [2.24, 2.45) is 11.8 Å². The average molecular weight is 331 g/mol. The van der Waals surface area contributed by atoms with Crippen LogP contribution in [-0.2, 0) is 11.3 Å². The minimum Gasteiger partial charge on any atom is -0.386 e. The molecule has 4 nitrogen and oxygen atoms in total. The molecule has 108 valence electrons. The number of halogens is 1. The molecule has 2 heterocycles. The van der Waals surface area contributed by atoms with E-state index in [-0.39, 0.29) is 18.1 Å². The number of aryl methyl sites for hydroxylation is 1. The molecule has 0 amide bonds. The number of aliphatic hydroxyl groups is 1. The summed E-state index contributed by atoms with van der Waals surface area (Å²) in [7, 11) is 0. The normalized spacial score (nSPS) is 32.7. The molecule has 5 unspecified atom stereocenters. The number of ether oxygens (including phenoxy) is 1. The lowest BCUT2D eigenvalue weighted by atomic mass is 9.84. The van der Waals surface area contributed by atoms with Gasteiger partial charge < -0.3 is 9.84 Å². The molecule has 1 aromatic rings. The highest BCUT2D eigenvalue weighted by atomic mass is 79.9. The smallest absolute Gasteiger partial charge is 0.102 e. The summed E-state index contributed by atoms with van der Waals surface area (Å²) in [4.78, 5) is 0. The second kappa shape index (κ2) is 5.94. The Morgan fingerprint density at radius 2 is 2.11 bits per heavy atom. The van der Waals surface area contributed by atoms with Crippen molar-refractivity contribution in [3.05, 3.63) is 16.4 Å². The van der Waals surface area contributed by atoms with E-state index in [1.807, 2.05) is 11.6 Å². The number of hydrogen-bond acceptors (Lipinski definition) is 3. The fraction of sp³-hybridized carbons (Fsp3) is 0.786. The van der Waals surface area contributed by atoms with Crippen LogP contribution >= 0.6 is 15.9 Å². The predicted molar refractivity (Wildman–Crippen MR) is 77.8 cm³/mol. The minimum absolute atomic E-state index is 0.0666. The zero-order valence-electron chi connectivity index (χ0n) is 12.0. The van der Waals surface area contributed by atoms with Crippen LogP contribution in [-0.4, -0.2) is 27.1 Å². The van der Waals surface area contributed by atoms with Crippen LogP contribution in [0.25, 0.3) is 0 Å². The molecule has 1 saturated heterocycles. The first-order valence-electron chi connectivity index (χ1n) is 7.02. The molecule has 0 aromatic carbocycles. The topological polar surface area (TPSA) is 47.3 Å². The van der Waals surface area contributed by atoms with E-state index in [0.29, 0.717) is 5.92 Å². The molecule has 0 bridgehead atoms. The van der Waals surface area contributed by atoms with Gasteiger partial charge in [-0.2, -0.15) is 5.10 Å². The third-order valence-corrected chi connectivity index (χ3v) is 4.84. The first-order valence-corrected chi connectivity index (χ1v) is 7.81. The molecular formula is C14H23BrN2O2. The molecule has 1 aromatic heterocycles. The quantitative estimate of drug-likeness (QED) is 0.922. The van der Waals surface area contributed by atoms with Crippen molar-refractivity contribution in [3.63, 3.8) is 0 Å². The number of aromatic nitrogens is 2. The first kappa shape index (κ1) is 15.0. The van der Waals surface area contributed by atoms with Gasteiger partial charge in [0.15, 0.2) is 0 Å². The van der Waals surface area contributed by atoms with E-state index in [4.69, 9.17) is 4.74 Å². The Balaban J connectivity index is 2.28. The van der Waals surface area contributed by atoms with Gasteiger partial charge in [0.2, 0.25) is 0 Å². The summed E-state index contributed by atoms with van der Waals surface area (Å²) >= 11 is 3.51. The van der Waals surface area contributed by atoms with Crippen LogP contribution in [0.5, 0.6) is 0 Å². The van der Waals surface area contributed by atoms with E-state index >= 15 is 0 Å². The summed E-state index contributed by atoms with van der Waals surface area (Å²) in [6, 6.07) is 0. The number of aliphatic hydroxyl groups excluding tert-OH is 1. The van der Waals surface area contributed by atoms with E-state index in [1.54, 1.807) is 6.20 Å². The van der Waals surface area contributed by atoms with E-state index < -0.39 is 6.10 Å². The fourth-order valence-corrected chi connectivity index (χ4v) is 3.61. The van der Waals surface area contributed by atoms with Crippen LogP contribution in [0, 0.1) is 11.8 Å². The fourth-order valence-electron chi connectivity index (χ4n) is 3.08. The first-order chi connectivity index (χ1) is 8.97. The third-order valence-electron chi connectivity index (χ3n) is 4.23. The van der Waals surface area contributed by atoms with E-state index in [1.165, 1.54) is 0 Å². The second-order valence-electron chi connectivity index (χ2n) is 5.53. The molecule has 1 N–H and O–H groups in total. The number of rotatable bonds is 4. The van der Waals surface area contributed by atoms with Gasteiger partial charge in [-0.25, -0.2) is 0 Å². The Hall–Kier alpha value is -0.390. The third kappa shape index (κ3) is 2.73. The minimum atomic E-state index is -0.543. The van der Waals surface area contributed by atoms with Gasteiger partial charge in [0.1, 0.15) is 6.10 Å². The molecule has 1 aliphatic heterocycles. The lowest BCUT2D eigenvalue weighted by molar-refractivity contribution is 0.0199. The Bertz CT molecular complexity index is 435. The Morgan fingerprint density at radius 3 is 2.63 bits per heavy atom. The van der Waals surface area contributed by atoms with Crippen LogP contribution < -0.4 is 0 Å². The Labute approximate surface area is 123 Å². The molecule has 0 spiro atoms. The molecule has 1 aliphatic rings. The summed E-state index contributed by atoms with van der Waals surface area (Å²) in [5, 5.41) is 15.1. The zero-order chi connectivity index (χ0) is 14.2. The molecule has 2 rings (SSSR count). The lowest BCUT2D eigenvalue weighted by Crippen LogP contribution is -2.27. The van der Waals surface area contributed by atoms with Gasteiger partial charge in [0.05, 0.1) is 28.6 Å².